The predicted octanol–water partition coefficient (Wildman–Crippen LogP) is 3.55. The Morgan fingerprint density at radius 2 is 2.26 bits per heavy atom. The number of aromatic amines is 1. The molecule has 0 spiro atoms. The summed E-state index contributed by atoms with van der Waals surface area (Å²) >= 11 is 4.41. The van der Waals surface area contributed by atoms with E-state index in [1.165, 1.54) is 0 Å². The molecule has 0 unspecified atom stereocenters. The normalized spacial score (nSPS) is 15.7. The molecule has 96 valence electrons. The second kappa shape index (κ2) is 4.47. The highest BCUT2D eigenvalue weighted by Gasteiger charge is 2.19. The molecule has 2 N–H and O–H groups in total. The lowest BCUT2D eigenvalue weighted by Crippen LogP contribution is -1.89. The van der Waals surface area contributed by atoms with E-state index in [1.54, 1.807) is 6.08 Å². The van der Waals surface area contributed by atoms with Gasteiger partial charge in [0, 0.05) is 21.3 Å². The molecular weight excluding hydrogens is 328 g/mol. The number of halogens is 1. The van der Waals surface area contributed by atoms with E-state index in [-0.39, 0.29) is 10.8 Å². The lowest BCUT2D eigenvalue weighted by molar-refractivity contribution is 0.455. The maximum atomic E-state index is 11.2. The maximum absolute atomic E-state index is 11.2. The summed E-state index contributed by atoms with van der Waals surface area (Å²) in [5.41, 5.74) is 3.68. The largest absolute Gasteiger partial charge is 0.493 e. The third-order valence-electron chi connectivity index (χ3n) is 2.86. The Hall–Kier alpha value is -1.66. The Labute approximate surface area is 121 Å². The first kappa shape index (κ1) is 12.4. The van der Waals surface area contributed by atoms with E-state index >= 15 is 0 Å². The van der Waals surface area contributed by atoms with E-state index in [4.69, 9.17) is 0 Å². The van der Waals surface area contributed by atoms with Crippen molar-refractivity contribution in [3.8, 4) is 5.88 Å². The Kier molecular flexibility index (Phi) is 2.91. The van der Waals surface area contributed by atoms with Crippen LogP contribution in [0.4, 0.5) is 5.69 Å². The van der Waals surface area contributed by atoms with E-state index in [1.807, 2.05) is 25.1 Å². The van der Waals surface area contributed by atoms with Gasteiger partial charge in [0.15, 0.2) is 0 Å². The molecule has 19 heavy (non-hydrogen) atoms. The highest BCUT2D eigenvalue weighted by atomic mass is 79.9. The van der Waals surface area contributed by atoms with Crippen molar-refractivity contribution in [3.63, 3.8) is 0 Å². The number of nitrogens with zero attached hydrogens (tertiary/aromatic N) is 1. The minimum atomic E-state index is -0.272. The molecule has 0 atom stereocenters. The number of nitrogens with one attached hydrogen (secondary N) is 1. The number of hydrogen-bond acceptors (Lipinski definition) is 4. The van der Waals surface area contributed by atoms with Gasteiger partial charge in [0.05, 0.1) is 10.6 Å². The van der Waals surface area contributed by atoms with Gasteiger partial charge >= 0.3 is 4.87 Å². The van der Waals surface area contributed by atoms with Gasteiger partial charge in [0.2, 0.25) is 5.88 Å². The summed E-state index contributed by atoms with van der Waals surface area (Å²) in [6.45, 7) is 1.91. The molecule has 2 aromatic rings. The number of aliphatic imine (C=N–C) groups is 1. The number of aromatic nitrogens is 1. The zero-order valence-corrected chi connectivity index (χ0v) is 12.3. The minimum Gasteiger partial charge on any atom is -0.493 e. The first-order chi connectivity index (χ1) is 9.04. The molecule has 1 aliphatic rings. The fourth-order valence-electron chi connectivity index (χ4n) is 2.00. The Morgan fingerprint density at radius 3 is 2.95 bits per heavy atom. The molecule has 1 aliphatic heterocycles. The molecule has 0 radical (unpaired) electrons. The van der Waals surface area contributed by atoms with Gasteiger partial charge in [-0.25, -0.2) is 0 Å². The first-order valence-electron chi connectivity index (χ1n) is 5.54. The fraction of sp³-hybridized carbons (Fsp3) is 0.0769. The minimum absolute atomic E-state index is 0.0984. The van der Waals surface area contributed by atoms with E-state index in [0.717, 1.165) is 38.3 Å². The number of thiazole rings is 1. The van der Waals surface area contributed by atoms with Crippen LogP contribution in [0.2, 0.25) is 0 Å². The van der Waals surface area contributed by atoms with Crippen molar-refractivity contribution in [2.75, 3.05) is 0 Å². The van der Waals surface area contributed by atoms with Crippen molar-refractivity contribution in [1.29, 1.82) is 0 Å². The number of benzene rings is 1. The van der Waals surface area contributed by atoms with Gasteiger partial charge < -0.3 is 5.11 Å². The van der Waals surface area contributed by atoms with Crippen molar-refractivity contribution < 1.29 is 5.11 Å². The Morgan fingerprint density at radius 1 is 1.47 bits per heavy atom. The van der Waals surface area contributed by atoms with E-state index in [2.05, 4.69) is 25.9 Å². The van der Waals surface area contributed by atoms with Crippen LogP contribution in [0, 0.1) is 0 Å². The summed E-state index contributed by atoms with van der Waals surface area (Å²) in [7, 11) is 0. The van der Waals surface area contributed by atoms with E-state index < -0.39 is 0 Å². The number of hydrogen-bond donors (Lipinski definition) is 2. The number of aromatic hydroxyl groups is 1. The summed E-state index contributed by atoms with van der Waals surface area (Å²) in [4.78, 5) is 18.3. The molecule has 1 aromatic carbocycles. The van der Waals surface area contributed by atoms with Gasteiger partial charge in [-0.1, -0.05) is 27.3 Å². The number of rotatable bonds is 1. The molecule has 2 heterocycles. The number of fused-ring (bicyclic) bond motifs is 1. The zero-order chi connectivity index (χ0) is 13.6. The summed E-state index contributed by atoms with van der Waals surface area (Å²) in [6, 6.07) is 5.85. The molecule has 0 fully saturated rings. The van der Waals surface area contributed by atoms with Gasteiger partial charge in [-0.3, -0.25) is 14.8 Å². The smallest absolute Gasteiger partial charge is 0.307 e. The molecule has 3 rings (SSSR count). The topological polar surface area (TPSA) is 65.5 Å². The second-order valence-corrected chi connectivity index (χ2v) is 6.07. The average molecular weight is 337 g/mol. The Balaban J connectivity index is 2.17. The highest BCUT2D eigenvalue weighted by Crippen LogP contribution is 2.38. The molecule has 0 aliphatic carbocycles. The van der Waals surface area contributed by atoms with Crippen LogP contribution >= 0.6 is 27.3 Å². The molecule has 0 saturated heterocycles. The van der Waals surface area contributed by atoms with Crippen LogP contribution in [-0.4, -0.2) is 15.8 Å². The average Bonchev–Trinajstić information content (AvgIpc) is 2.81. The maximum Gasteiger partial charge on any atom is 0.307 e. The van der Waals surface area contributed by atoms with Crippen LogP contribution in [0.25, 0.3) is 11.6 Å². The predicted molar refractivity (Wildman–Crippen MR) is 81.4 cm³/mol. The van der Waals surface area contributed by atoms with Crippen molar-refractivity contribution in [1.82, 2.24) is 4.98 Å². The van der Waals surface area contributed by atoms with Crippen molar-refractivity contribution >= 4 is 50.3 Å². The fourth-order valence-corrected chi connectivity index (χ4v) is 3.03. The molecule has 4 nitrogen and oxygen atoms in total. The van der Waals surface area contributed by atoms with Crippen LogP contribution in [0.15, 0.2) is 32.5 Å². The van der Waals surface area contributed by atoms with Crippen LogP contribution in [0.3, 0.4) is 0 Å². The number of H-pyrrole nitrogens is 1. The third-order valence-corrected chi connectivity index (χ3v) is 4.17. The molecule has 0 bridgehead atoms. The van der Waals surface area contributed by atoms with Crippen LogP contribution in [-0.2, 0) is 0 Å². The van der Waals surface area contributed by atoms with Crippen molar-refractivity contribution in [2.45, 2.75) is 6.92 Å². The zero-order valence-electron chi connectivity index (χ0n) is 9.90. The van der Waals surface area contributed by atoms with Crippen molar-refractivity contribution in [3.05, 3.63) is 42.8 Å². The monoisotopic (exact) mass is 336 g/mol. The van der Waals surface area contributed by atoms with Gasteiger partial charge in [0.1, 0.15) is 0 Å². The quantitative estimate of drug-likeness (QED) is 0.836. The molecule has 6 heteroatoms. The van der Waals surface area contributed by atoms with Crippen LogP contribution < -0.4 is 4.87 Å². The van der Waals surface area contributed by atoms with E-state index in [9.17, 15) is 9.90 Å². The van der Waals surface area contributed by atoms with Crippen LogP contribution in [0.1, 0.15) is 17.4 Å². The summed E-state index contributed by atoms with van der Waals surface area (Å²) < 4.78 is 0.966. The van der Waals surface area contributed by atoms with Gasteiger partial charge in [-0.2, -0.15) is 0 Å². The third kappa shape index (κ3) is 2.17. The summed E-state index contributed by atoms with van der Waals surface area (Å²) in [5, 5.41) is 9.64. The van der Waals surface area contributed by atoms with Gasteiger partial charge in [-0.05, 0) is 31.2 Å². The van der Waals surface area contributed by atoms with Gasteiger partial charge in [-0.15, -0.1) is 0 Å². The standard InChI is InChI=1S/C13H9BrN2O2S/c1-6-8(5-11-12(17)16-13(18)19-11)9-4-7(14)2-3-10(9)15-6/h2-5,17H,1H3,(H,16,18). The van der Waals surface area contributed by atoms with Crippen molar-refractivity contribution in [2.24, 2.45) is 4.99 Å². The first-order valence-corrected chi connectivity index (χ1v) is 7.15. The van der Waals surface area contributed by atoms with Crippen LogP contribution in [0.5, 0.6) is 5.88 Å². The summed E-state index contributed by atoms with van der Waals surface area (Å²) in [6.07, 6.45) is 1.79. The Bertz CT molecular complexity index is 786. The number of allylic oxidation sites excluding steroid dienone is 1. The van der Waals surface area contributed by atoms with E-state index in [0.29, 0.717) is 4.88 Å². The molecule has 0 saturated carbocycles. The molecule has 1 aromatic heterocycles. The lowest BCUT2D eigenvalue weighted by Gasteiger charge is -2.01. The molecule has 0 amide bonds. The molecular formula is C13H9BrN2O2S. The highest BCUT2D eigenvalue weighted by molar-refractivity contribution is 9.10. The summed E-state index contributed by atoms with van der Waals surface area (Å²) in [5.74, 6) is -0.0984. The SMILES string of the molecule is CC1=Nc2ccc(Br)cc2C1=Cc1sc(=O)[nH]c1O. The lowest BCUT2D eigenvalue weighted by atomic mass is 10.0. The van der Waals surface area contributed by atoms with Gasteiger partial charge in [0.25, 0.3) is 0 Å². The second-order valence-electron chi connectivity index (χ2n) is 4.14.